The Morgan fingerprint density at radius 3 is 2.62 bits per heavy atom. The number of nitro groups is 1. The van der Waals surface area contributed by atoms with Gasteiger partial charge in [-0.2, -0.15) is 13.7 Å². The van der Waals surface area contributed by atoms with E-state index in [0.717, 1.165) is 17.8 Å². The molecule has 112 valence electrons. The van der Waals surface area contributed by atoms with Gasteiger partial charge in [0, 0.05) is 12.1 Å². The monoisotopic (exact) mass is 332 g/mol. The zero-order valence-corrected chi connectivity index (χ0v) is 12.0. The number of aliphatic imine (C=N–C) groups is 1. The van der Waals surface area contributed by atoms with E-state index in [-0.39, 0.29) is 5.17 Å². The standard InChI is InChI=1S/C9H8N4O6S2/c1-20-9(11-4-10)12-6-2-5(13(15)16)3-7(8(6)14)21(17,18)19/h2-3,14H,1H3,(H,11,12)(H,17,18,19). The highest BCUT2D eigenvalue weighted by Gasteiger charge is 2.24. The fourth-order valence-electron chi connectivity index (χ4n) is 1.25. The second kappa shape index (κ2) is 6.39. The van der Waals surface area contributed by atoms with Gasteiger partial charge in [-0.1, -0.05) is 11.8 Å². The van der Waals surface area contributed by atoms with Crippen molar-refractivity contribution in [3.8, 4) is 11.9 Å². The van der Waals surface area contributed by atoms with Crippen molar-refractivity contribution >= 4 is 38.4 Å². The third-order valence-corrected chi connectivity index (χ3v) is 3.55. The molecule has 0 bridgehead atoms. The average Bonchev–Trinajstić information content (AvgIpc) is 2.38. The molecule has 1 rings (SSSR count). The lowest BCUT2D eigenvalue weighted by molar-refractivity contribution is -0.385. The number of phenolic OH excluding ortho intramolecular Hbond substituents is 1. The highest BCUT2D eigenvalue weighted by molar-refractivity contribution is 8.13. The zero-order valence-electron chi connectivity index (χ0n) is 10.3. The van der Waals surface area contributed by atoms with Crippen molar-refractivity contribution in [2.75, 3.05) is 6.26 Å². The number of phenols is 1. The first-order valence-electron chi connectivity index (χ1n) is 4.97. The molecule has 0 aromatic heterocycles. The predicted octanol–water partition coefficient (Wildman–Crippen LogP) is 0.968. The number of amidine groups is 1. The molecular weight excluding hydrogens is 324 g/mol. The number of nitrogens with one attached hydrogen (secondary N) is 1. The Morgan fingerprint density at radius 1 is 1.57 bits per heavy atom. The van der Waals surface area contributed by atoms with Crippen LogP contribution in [0.3, 0.4) is 0 Å². The topological polar surface area (TPSA) is 166 Å². The molecule has 12 heteroatoms. The fraction of sp³-hybridized carbons (Fsp3) is 0.111. The minimum Gasteiger partial charge on any atom is -0.504 e. The lowest BCUT2D eigenvalue weighted by Crippen LogP contribution is -2.12. The van der Waals surface area contributed by atoms with E-state index >= 15 is 0 Å². The summed E-state index contributed by atoms with van der Waals surface area (Å²) in [4.78, 5) is 12.5. The van der Waals surface area contributed by atoms with Crippen LogP contribution >= 0.6 is 11.8 Å². The number of aromatic hydroxyl groups is 1. The molecule has 0 heterocycles. The maximum Gasteiger partial charge on any atom is 0.298 e. The molecule has 0 aliphatic heterocycles. The van der Waals surface area contributed by atoms with Crippen molar-refractivity contribution in [1.29, 1.82) is 5.26 Å². The molecule has 0 spiro atoms. The van der Waals surface area contributed by atoms with Crippen LogP contribution in [0.5, 0.6) is 5.75 Å². The molecule has 0 radical (unpaired) electrons. The van der Waals surface area contributed by atoms with E-state index < -0.39 is 37.1 Å². The summed E-state index contributed by atoms with van der Waals surface area (Å²) in [5.74, 6) is -0.964. The largest absolute Gasteiger partial charge is 0.504 e. The van der Waals surface area contributed by atoms with Gasteiger partial charge < -0.3 is 5.11 Å². The van der Waals surface area contributed by atoms with Crippen molar-refractivity contribution in [3.63, 3.8) is 0 Å². The van der Waals surface area contributed by atoms with E-state index in [1.807, 2.05) is 0 Å². The number of rotatable bonds is 3. The average molecular weight is 332 g/mol. The van der Waals surface area contributed by atoms with Crippen LogP contribution in [0.2, 0.25) is 0 Å². The third-order valence-electron chi connectivity index (χ3n) is 2.11. The lowest BCUT2D eigenvalue weighted by Gasteiger charge is -2.06. The van der Waals surface area contributed by atoms with Gasteiger partial charge in [0.1, 0.15) is 10.6 Å². The number of thioether (sulfide) groups is 1. The van der Waals surface area contributed by atoms with Crippen molar-refractivity contribution in [1.82, 2.24) is 5.32 Å². The molecule has 10 nitrogen and oxygen atoms in total. The van der Waals surface area contributed by atoms with Crippen molar-refractivity contribution in [3.05, 3.63) is 22.2 Å². The summed E-state index contributed by atoms with van der Waals surface area (Å²) in [6, 6.07) is 1.31. The zero-order chi connectivity index (χ0) is 16.2. The smallest absolute Gasteiger partial charge is 0.298 e. The third kappa shape index (κ3) is 4.05. The number of benzene rings is 1. The van der Waals surface area contributed by atoms with Gasteiger partial charge in [-0.15, -0.1) is 0 Å². The molecule has 3 N–H and O–H groups in total. The second-order valence-corrected chi connectivity index (χ2v) is 5.59. The summed E-state index contributed by atoms with van der Waals surface area (Å²) in [7, 11) is -4.88. The molecule has 0 fully saturated rings. The van der Waals surface area contributed by atoms with Crippen molar-refractivity contribution in [2.45, 2.75) is 4.90 Å². The molecule has 21 heavy (non-hydrogen) atoms. The van der Waals surface area contributed by atoms with Gasteiger partial charge in [0.05, 0.1) is 4.92 Å². The summed E-state index contributed by atoms with van der Waals surface area (Å²) in [6.45, 7) is 0. The molecular formula is C9H8N4O6S2. The second-order valence-electron chi connectivity index (χ2n) is 3.40. The first kappa shape index (κ1) is 16.7. The predicted molar refractivity (Wildman–Crippen MR) is 73.9 cm³/mol. The Morgan fingerprint density at radius 2 is 2.19 bits per heavy atom. The van der Waals surface area contributed by atoms with E-state index in [9.17, 15) is 23.6 Å². The summed E-state index contributed by atoms with van der Waals surface area (Å²) in [5.41, 5.74) is -1.18. The van der Waals surface area contributed by atoms with Crippen LogP contribution in [-0.2, 0) is 10.1 Å². The first-order valence-corrected chi connectivity index (χ1v) is 7.64. The lowest BCUT2D eigenvalue weighted by atomic mass is 10.2. The van der Waals surface area contributed by atoms with E-state index in [1.54, 1.807) is 6.19 Å². The van der Waals surface area contributed by atoms with Crippen molar-refractivity contribution < 1.29 is 23.0 Å². The molecule has 0 saturated heterocycles. The Hall–Kier alpha value is -2.36. The van der Waals surface area contributed by atoms with Gasteiger partial charge in [-0.3, -0.25) is 20.0 Å². The van der Waals surface area contributed by atoms with Gasteiger partial charge in [0.2, 0.25) is 0 Å². The molecule has 0 unspecified atom stereocenters. The Bertz CT molecular complexity index is 752. The Balaban J connectivity index is 3.63. The van der Waals surface area contributed by atoms with E-state index in [2.05, 4.69) is 10.3 Å². The summed E-state index contributed by atoms with van der Waals surface area (Å²) in [6.07, 6.45) is 3.08. The highest BCUT2D eigenvalue weighted by Crippen LogP contribution is 2.37. The molecule has 0 saturated carbocycles. The minimum atomic E-state index is -4.88. The van der Waals surface area contributed by atoms with Crippen molar-refractivity contribution in [2.24, 2.45) is 4.99 Å². The van der Waals surface area contributed by atoms with Gasteiger partial charge in [-0.05, 0) is 6.26 Å². The number of hydrogen-bond donors (Lipinski definition) is 3. The molecule has 0 amide bonds. The van der Waals surface area contributed by atoms with Crippen LogP contribution in [0, 0.1) is 21.6 Å². The van der Waals surface area contributed by atoms with E-state index in [4.69, 9.17) is 9.81 Å². The maximum absolute atomic E-state index is 11.1. The van der Waals surface area contributed by atoms with Gasteiger partial charge in [0.15, 0.2) is 17.1 Å². The Labute approximate surface area is 123 Å². The van der Waals surface area contributed by atoms with Crippen LogP contribution in [0.1, 0.15) is 0 Å². The van der Waals surface area contributed by atoms with Crippen LogP contribution in [0.4, 0.5) is 11.4 Å². The maximum atomic E-state index is 11.1. The minimum absolute atomic E-state index is 0.0328. The highest BCUT2D eigenvalue weighted by atomic mass is 32.2. The van der Waals surface area contributed by atoms with E-state index in [0.29, 0.717) is 6.07 Å². The van der Waals surface area contributed by atoms with Crippen LogP contribution in [-0.4, -0.2) is 34.4 Å². The molecule has 1 aromatic carbocycles. The number of nitriles is 1. The fourth-order valence-corrected chi connectivity index (χ4v) is 2.20. The first-order chi connectivity index (χ1) is 9.70. The number of non-ortho nitro benzene ring substituents is 1. The van der Waals surface area contributed by atoms with Gasteiger partial charge in [-0.25, -0.2) is 4.99 Å². The van der Waals surface area contributed by atoms with Crippen LogP contribution in [0.15, 0.2) is 22.0 Å². The van der Waals surface area contributed by atoms with E-state index in [1.165, 1.54) is 6.26 Å². The van der Waals surface area contributed by atoms with Gasteiger partial charge in [0.25, 0.3) is 15.8 Å². The molecule has 0 aliphatic rings. The van der Waals surface area contributed by atoms with Crippen LogP contribution < -0.4 is 5.32 Å². The van der Waals surface area contributed by atoms with Gasteiger partial charge >= 0.3 is 0 Å². The summed E-state index contributed by atoms with van der Waals surface area (Å²) in [5, 5.41) is 31.1. The molecule has 0 aliphatic carbocycles. The number of nitrogens with zero attached hydrogens (tertiary/aromatic N) is 3. The molecule has 1 aromatic rings. The summed E-state index contributed by atoms with van der Waals surface area (Å²) < 4.78 is 31.2. The van der Waals surface area contributed by atoms with Crippen LogP contribution in [0.25, 0.3) is 0 Å². The number of nitro benzene ring substituents is 1. The number of hydrogen-bond acceptors (Lipinski definition) is 8. The summed E-state index contributed by atoms with van der Waals surface area (Å²) >= 11 is 0.949. The quantitative estimate of drug-likeness (QED) is 0.139. The normalized spacial score (nSPS) is 11.8. The SMILES string of the molecule is CSC(=Nc1cc([N+](=O)[O-])cc(S(=O)(=O)O)c1O)NC#N. The Kier molecular flexibility index (Phi) is 5.08. The molecule has 0 atom stereocenters.